The summed E-state index contributed by atoms with van der Waals surface area (Å²) in [5, 5.41) is 6.21. The zero-order valence-corrected chi connectivity index (χ0v) is 23.4. The number of carbonyl (C=O) groups excluding carboxylic acids is 2. The number of hydrogen-bond donors (Lipinski definition) is 3. The van der Waals surface area contributed by atoms with Gasteiger partial charge >= 0.3 is 0 Å². The Balaban J connectivity index is 1.63. The summed E-state index contributed by atoms with van der Waals surface area (Å²) in [7, 11) is -1.71. The topological polar surface area (TPSA) is 111 Å². The van der Waals surface area contributed by atoms with Gasteiger partial charge in [0.25, 0.3) is 11.8 Å². The van der Waals surface area contributed by atoms with Crippen LogP contribution < -0.4 is 10.6 Å². The van der Waals surface area contributed by atoms with E-state index < -0.39 is 9.84 Å². The van der Waals surface area contributed by atoms with Crippen LogP contribution in [0.1, 0.15) is 45.4 Å². The van der Waals surface area contributed by atoms with Gasteiger partial charge in [0, 0.05) is 40.8 Å². The van der Waals surface area contributed by atoms with Crippen molar-refractivity contribution in [1.82, 2.24) is 15.2 Å². The number of anilines is 1. The molecular weight excluding hydrogens is 524 g/mol. The fraction of sp³-hybridized carbons (Fsp3) is 0.286. The Morgan fingerprint density at radius 1 is 1.16 bits per heavy atom. The number of carbonyl (C=O) groups is 2. The Bertz CT molecular complexity index is 1540. The highest BCUT2D eigenvalue weighted by molar-refractivity contribution is 7.90. The first-order chi connectivity index (χ1) is 18.0. The van der Waals surface area contributed by atoms with Gasteiger partial charge in [0.2, 0.25) is 0 Å². The Morgan fingerprint density at radius 3 is 2.63 bits per heavy atom. The van der Waals surface area contributed by atoms with Crippen molar-refractivity contribution in [3.8, 4) is 0 Å². The SMILES string of the molecule is CCN(C)CCNC(=O)c1c(C)[nH]c(/C=C2\C(=O)Nc3ccc(S(=O)(=O)Cc4cccc(Cl)c4)cc32)c1C. The molecule has 1 aliphatic heterocycles. The monoisotopic (exact) mass is 554 g/mol. The molecule has 1 aliphatic rings. The van der Waals surface area contributed by atoms with Crippen molar-refractivity contribution < 1.29 is 18.0 Å². The Labute approximate surface area is 228 Å². The highest BCUT2D eigenvalue weighted by Gasteiger charge is 2.28. The third-order valence-corrected chi connectivity index (χ3v) is 8.61. The lowest BCUT2D eigenvalue weighted by Gasteiger charge is -2.14. The number of hydrogen-bond acceptors (Lipinski definition) is 5. The molecule has 0 spiro atoms. The zero-order chi connectivity index (χ0) is 27.6. The number of fused-ring (bicyclic) bond motifs is 1. The Kier molecular flexibility index (Phi) is 8.10. The maximum Gasteiger partial charge on any atom is 0.256 e. The van der Waals surface area contributed by atoms with Gasteiger partial charge in [0.15, 0.2) is 9.84 Å². The summed E-state index contributed by atoms with van der Waals surface area (Å²) in [6.45, 7) is 7.83. The molecule has 8 nitrogen and oxygen atoms in total. The second-order valence-electron chi connectivity index (χ2n) is 9.42. The molecule has 0 aliphatic carbocycles. The summed E-state index contributed by atoms with van der Waals surface area (Å²) in [4.78, 5) is 31.1. The zero-order valence-electron chi connectivity index (χ0n) is 21.8. The summed E-state index contributed by atoms with van der Waals surface area (Å²) >= 11 is 6.02. The van der Waals surface area contributed by atoms with E-state index in [9.17, 15) is 18.0 Å². The number of H-pyrrole nitrogens is 1. The van der Waals surface area contributed by atoms with Gasteiger partial charge in [-0.1, -0.05) is 30.7 Å². The standard InChI is InChI=1S/C28H31ClN4O4S/c1-5-33(4)12-11-30-28(35)26-17(2)25(31-18(26)3)15-23-22-14-21(9-10-24(22)32-27(23)34)38(36,37)16-19-7-6-8-20(29)13-19/h6-10,13-15,31H,5,11-12,16H2,1-4H3,(H,30,35)(H,32,34)/b23-15-. The summed E-state index contributed by atoms with van der Waals surface area (Å²) in [6, 6.07) is 11.3. The smallest absolute Gasteiger partial charge is 0.256 e. The van der Waals surface area contributed by atoms with E-state index in [1.54, 1.807) is 36.4 Å². The molecule has 0 bridgehead atoms. The number of aromatic amines is 1. The largest absolute Gasteiger partial charge is 0.358 e. The van der Waals surface area contributed by atoms with Crippen LogP contribution in [-0.2, 0) is 20.4 Å². The molecule has 1 aromatic heterocycles. The molecule has 3 aromatic rings. The third kappa shape index (κ3) is 5.85. The first kappa shape index (κ1) is 27.6. The highest BCUT2D eigenvalue weighted by atomic mass is 35.5. The normalized spacial score (nSPS) is 14.2. The van der Waals surface area contributed by atoms with Crippen LogP contribution in [0.4, 0.5) is 5.69 Å². The summed E-state index contributed by atoms with van der Waals surface area (Å²) in [6.07, 6.45) is 1.67. The lowest BCUT2D eigenvalue weighted by molar-refractivity contribution is -0.110. The Morgan fingerprint density at radius 2 is 1.92 bits per heavy atom. The average Bonchev–Trinajstić information content (AvgIpc) is 3.32. The minimum absolute atomic E-state index is 0.107. The van der Waals surface area contributed by atoms with Gasteiger partial charge < -0.3 is 20.5 Å². The molecule has 0 saturated carbocycles. The minimum Gasteiger partial charge on any atom is -0.358 e. The quantitative estimate of drug-likeness (QED) is 0.339. The maximum atomic E-state index is 13.2. The van der Waals surface area contributed by atoms with Gasteiger partial charge in [-0.25, -0.2) is 8.42 Å². The van der Waals surface area contributed by atoms with E-state index in [0.717, 1.165) is 13.1 Å². The van der Waals surface area contributed by atoms with Crippen molar-refractivity contribution in [2.75, 3.05) is 32.0 Å². The van der Waals surface area contributed by atoms with Crippen molar-refractivity contribution in [2.45, 2.75) is 31.4 Å². The van der Waals surface area contributed by atoms with Gasteiger partial charge in [0.05, 0.1) is 21.8 Å². The molecule has 4 rings (SSSR count). The van der Waals surface area contributed by atoms with Gasteiger partial charge in [-0.15, -0.1) is 0 Å². The number of aryl methyl sites for hydroxylation is 1. The van der Waals surface area contributed by atoms with Crippen LogP contribution in [0.5, 0.6) is 0 Å². The lowest BCUT2D eigenvalue weighted by Crippen LogP contribution is -2.33. The minimum atomic E-state index is -3.69. The molecule has 0 atom stereocenters. The second-order valence-corrected chi connectivity index (χ2v) is 11.9. The second kappa shape index (κ2) is 11.1. The molecule has 2 aromatic carbocycles. The van der Waals surface area contributed by atoms with Crippen molar-refractivity contribution in [3.63, 3.8) is 0 Å². The molecule has 38 heavy (non-hydrogen) atoms. The van der Waals surface area contributed by atoms with Crippen LogP contribution in [0.3, 0.4) is 0 Å². The molecule has 0 radical (unpaired) electrons. The van der Waals surface area contributed by atoms with E-state index in [1.165, 1.54) is 12.1 Å². The molecular formula is C28H31ClN4O4S. The molecule has 10 heteroatoms. The lowest BCUT2D eigenvalue weighted by atomic mass is 10.0. The first-order valence-corrected chi connectivity index (χ1v) is 14.3. The van der Waals surface area contributed by atoms with Crippen LogP contribution in [0.25, 0.3) is 11.6 Å². The van der Waals surface area contributed by atoms with E-state index in [4.69, 9.17) is 11.6 Å². The Hall–Kier alpha value is -3.40. The van der Waals surface area contributed by atoms with E-state index in [0.29, 0.717) is 56.5 Å². The van der Waals surface area contributed by atoms with E-state index in [-0.39, 0.29) is 22.5 Å². The molecule has 2 amide bonds. The fourth-order valence-corrected chi connectivity index (χ4v) is 6.01. The first-order valence-electron chi connectivity index (χ1n) is 12.3. The predicted molar refractivity (Wildman–Crippen MR) is 151 cm³/mol. The van der Waals surface area contributed by atoms with Crippen molar-refractivity contribution in [3.05, 3.63) is 81.1 Å². The van der Waals surface area contributed by atoms with E-state index >= 15 is 0 Å². The van der Waals surface area contributed by atoms with Crippen molar-refractivity contribution >= 4 is 50.6 Å². The maximum absolute atomic E-state index is 13.2. The summed E-state index contributed by atoms with van der Waals surface area (Å²) < 4.78 is 26.3. The number of aromatic nitrogens is 1. The number of benzene rings is 2. The van der Waals surface area contributed by atoms with Crippen LogP contribution >= 0.6 is 11.6 Å². The molecule has 200 valence electrons. The van der Waals surface area contributed by atoms with Crippen LogP contribution in [-0.4, -0.2) is 56.8 Å². The number of nitrogens with one attached hydrogen (secondary N) is 3. The van der Waals surface area contributed by atoms with Gasteiger partial charge in [0.1, 0.15) is 0 Å². The van der Waals surface area contributed by atoms with Crippen LogP contribution in [0.15, 0.2) is 47.4 Å². The molecule has 2 heterocycles. The van der Waals surface area contributed by atoms with E-state index in [2.05, 4.69) is 27.4 Å². The number of likely N-dealkylation sites (N-methyl/N-ethyl adjacent to an activating group) is 1. The van der Waals surface area contributed by atoms with E-state index in [1.807, 2.05) is 20.9 Å². The van der Waals surface area contributed by atoms with Crippen molar-refractivity contribution in [1.29, 1.82) is 0 Å². The van der Waals surface area contributed by atoms with Gasteiger partial charge in [-0.2, -0.15) is 0 Å². The highest BCUT2D eigenvalue weighted by Crippen LogP contribution is 2.36. The third-order valence-electron chi connectivity index (χ3n) is 6.69. The van der Waals surface area contributed by atoms with Crippen molar-refractivity contribution in [2.24, 2.45) is 0 Å². The van der Waals surface area contributed by atoms with Gasteiger partial charge in [-0.3, -0.25) is 9.59 Å². The molecule has 0 saturated heterocycles. The van der Waals surface area contributed by atoms with Crippen LogP contribution in [0, 0.1) is 13.8 Å². The molecule has 0 unspecified atom stereocenters. The number of halogens is 1. The number of amides is 2. The van der Waals surface area contributed by atoms with Crippen LogP contribution in [0.2, 0.25) is 5.02 Å². The fourth-order valence-electron chi connectivity index (χ4n) is 4.44. The number of rotatable bonds is 9. The predicted octanol–water partition coefficient (Wildman–Crippen LogP) is 4.43. The number of sulfone groups is 1. The van der Waals surface area contributed by atoms with Gasteiger partial charge in [-0.05, 0) is 75.0 Å². The molecule has 3 N–H and O–H groups in total. The molecule has 0 fully saturated rings. The average molecular weight is 555 g/mol. The summed E-state index contributed by atoms with van der Waals surface area (Å²) in [5.74, 6) is -0.741. The number of nitrogens with zero attached hydrogens (tertiary/aromatic N) is 1. The summed E-state index contributed by atoms with van der Waals surface area (Å²) in [5.41, 5.74) is 4.46.